The van der Waals surface area contributed by atoms with Crippen LogP contribution in [0.3, 0.4) is 0 Å². The Kier molecular flexibility index (Phi) is 5.07. The van der Waals surface area contributed by atoms with E-state index in [9.17, 15) is 0 Å². The summed E-state index contributed by atoms with van der Waals surface area (Å²) < 4.78 is 0. The van der Waals surface area contributed by atoms with Crippen molar-refractivity contribution in [1.29, 1.82) is 0 Å². The lowest BCUT2D eigenvalue weighted by atomic mass is 10.0. The fourth-order valence-corrected chi connectivity index (χ4v) is 3.22. The number of amidine groups is 1. The van der Waals surface area contributed by atoms with Crippen molar-refractivity contribution in [2.24, 2.45) is 10.7 Å². The third-order valence-electron chi connectivity index (χ3n) is 2.89. The van der Waals surface area contributed by atoms with E-state index >= 15 is 0 Å². The quantitative estimate of drug-likeness (QED) is 0.663. The highest BCUT2D eigenvalue weighted by Crippen LogP contribution is 2.35. The van der Waals surface area contributed by atoms with Crippen LogP contribution in [0.1, 0.15) is 37.1 Å². The second-order valence-electron chi connectivity index (χ2n) is 5.94. The van der Waals surface area contributed by atoms with E-state index in [0.717, 1.165) is 0 Å². The van der Waals surface area contributed by atoms with Crippen molar-refractivity contribution in [2.45, 2.75) is 31.6 Å². The van der Waals surface area contributed by atoms with Gasteiger partial charge in [-0.15, -0.1) is 0 Å². The fraction of sp³-hybridized carbons (Fsp3) is 0.278. The maximum Gasteiger partial charge on any atom is 0.155 e. The SMILES string of the molecule is CC(C)(C)N=C(N)SC(c1ccccc1)c1ccccc1. The van der Waals surface area contributed by atoms with Crippen LogP contribution in [0, 0.1) is 0 Å². The van der Waals surface area contributed by atoms with E-state index in [1.807, 2.05) is 12.1 Å². The molecule has 2 aromatic rings. The summed E-state index contributed by atoms with van der Waals surface area (Å²) in [5, 5.41) is 0.790. The normalized spacial score (nSPS) is 12.7. The Bertz CT molecular complexity index is 546. The van der Waals surface area contributed by atoms with Gasteiger partial charge in [0.05, 0.1) is 10.8 Å². The molecular weight excluding hydrogens is 276 g/mol. The minimum absolute atomic E-state index is 0.158. The molecule has 0 spiro atoms. The first-order chi connectivity index (χ1) is 9.96. The average Bonchev–Trinajstić information content (AvgIpc) is 2.45. The Morgan fingerprint density at radius 1 is 0.905 bits per heavy atom. The van der Waals surface area contributed by atoms with Crippen LogP contribution in [0.5, 0.6) is 0 Å². The summed E-state index contributed by atoms with van der Waals surface area (Å²) in [6.45, 7) is 6.17. The van der Waals surface area contributed by atoms with Gasteiger partial charge in [0, 0.05) is 0 Å². The molecule has 2 rings (SSSR count). The number of benzene rings is 2. The molecule has 21 heavy (non-hydrogen) atoms. The molecule has 0 aromatic heterocycles. The summed E-state index contributed by atoms with van der Waals surface area (Å²) in [6, 6.07) is 20.8. The largest absolute Gasteiger partial charge is 0.378 e. The Hall–Kier alpha value is -1.74. The molecule has 110 valence electrons. The molecule has 0 bridgehead atoms. The zero-order valence-corrected chi connectivity index (χ0v) is 13.6. The van der Waals surface area contributed by atoms with Gasteiger partial charge in [0.1, 0.15) is 0 Å². The third kappa shape index (κ3) is 4.94. The van der Waals surface area contributed by atoms with Crippen LogP contribution >= 0.6 is 11.8 Å². The van der Waals surface area contributed by atoms with Crippen LogP contribution in [0.2, 0.25) is 0 Å². The molecule has 3 heteroatoms. The van der Waals surface area contributed by atoms with Crippen molar-refractivity contribution in [1.82, 2.24) is 0 Å². The highest BCUT2D eigenvalue weighted by atomic mass is 32.2. The number of aliphatic imine (C=N–C) groups is 1. The van der Waals surface area contributed by atoms with Gasteiger partial charge in [-0.3, -0.25) is 4.99 Å². The molecule has 0 saturated heterocycles. The molecule has 0 unspecified atom stereocenters. The van der Waals surface area contributed by atoms with Crippen LogP contribution < -0.4 is 5.73 Å². The summed E-state index contributed by atoms with van der Waals surface area (Å²) in [6.07, 6.45) is 0. The van der Waals surface area contributed by atoms with Gasteiger partial charge in [0.2, 0.25) is 0 Å². The summed E-state index contributed by atoms with van der Waals surface area (Å²) >= 11 is 1.61. The first-order valence-corrected chi connectivity index (χ1v) is 7.95. The van der Waals surface area contributed by atoms with Gasteiger partial charge in [-0.2, -0.15) is 0 Å². The minimum Gasteiger partial charge on any atom is -0.378 e. The Labute approximate surface area is 131 Å². The molecule has 0 aliphatic rings. The molecular formula is C18H22N2S. The summed E-state index contributed by atoms with van der Waals surface area (Å²) in [7, 11) is 0. The zero-order chi connectivity index (χ0) is 15.3. The number of nitrogens with zero attached hydrogens (tertiary/aromatic N) is 1. The first kappa shape index (κ1) is 15.6. The van der Waals surface area contributed by atoms with E-state index in [-0.39, 0.29) is 10.8 Å². The summed E-state index contributed by atoms with van der Waals surface area (Å²) in [5.74, 6) is 0. The van der Waals surface area contributed by atoms with Crippen molar-refractivity contribution in [3.05, 3.63) is 71.8 Å². The number of rotatable bonds is 3. The van der Waals surface area contributed by atoms with E-state index in [1.54, 1.807) is 11.8 Å². The lowest BCUT2D eigenvalue weighted by molar-refractivity contribution is 0.585. The Morgan fingerprint density at radius 3 is 1.71 bits per heavy atom. The molecule has 0 fully saturated rings. The highest BCUT2D eigenvalue weighted by molar-refractivity contribution is 8.14. The maximum atomic E-state index is 6.15. The summed E-state index contributed by atoms with van der Waals surface area (Å²) in [4.78, 5) is 4.56. The monoisotopic (exact) mass is 298 g/mol. The Balaban J connectivity index is 2.32. The second-order valence-corrected chi connectivity index (χ2v) is 7.07. The van der Waals surface area contributed by atoms with Crippen molar-refractivity contribution in [3.63, 3.8) is 0 Å². The molecule has 0 heterocycles. The van der Waals surface area contributed by atoms with Crippen LogP contribution in [-0.4, -0.2) is 10.7 Å². The summed E-state index contributed by atoms with van der Waals surface area (Å²) in [5.41, 5.74) is 8.46. The smallest absolute Gasteiger partial charge is 0.155 e. The molecule has 2 N–H and O–H groups in total. The molecule has 2 nitrogen and oxygen atoms in total. The van der Waals surface area contributed by atoms with Crippen molar-refractivity contribution in [2.75, 3.05) is 0 Å². The molecule has 0 saturated carbocycles. The second kappa shape index (κ2) is 6.81. The fourth-order valence-electron chi connectivity index (χ4n) is 2.06. The van der Waals surface area contributed by atoms with Gasteiger partial charge >= 0.3 is 0 Å². The van der Waals surface area contributed by atoms with E-state index in [2.05, 4.69) is 74.3 Å². The van der Waals surface area contributed by atoms with Gasteiger partial charge in [0.25, 0.3) is 0 Å². The lowest BCUT2D eigenvalue weighted by Gasteiger charge is -2.19. The van der Waals surface area contributed by atoms with E-state index in [1.165, 1.54) is 11.1 Å². The van der Waals surface area contributed by atoms with Crippen molar-refractivity contribution < 1.29 is 0 Å². The third-order valence-corrected chi connectivity index (χ3v) is 4.00. The van der Waals surface area contributed by atoms with Gasteiger partial charge in [0.15, 0.2) is 5.17 Å². The van der Waals surface area contributed by atoms with Crippen molar-refractivity contribution >= 4 is 16.9 Å². The van der Waals surface area contributed by atoms with Gasteiger partial charge in [-0.05, 0) is 31.9 Å². The van der Waals surface area contributed by atoms with Crippen LogP contribution in [0.4, 0.5) is 0 Å². The maximum absolute atomic E-state index is 6.15. The topological polar surface area (TPSA) is 38.4 Å². The van der Waals surface area contributed by atoms with Gasteiger partial charge in [-0.1, -0.05) is 72.4 Å². The van der Waals surface area contributed by atoms with E-state index in [0.29, 0.717) is 5.17 Å². The van der Waals surface area contributed by atoms with Crippen LogP contribution in [0.25, 0.3) is 0 Å². The van der Waals surface area contributed by atoms with Gasteiger partial charge in [-0.25, -0.2) is 0 Å². The molecule has 0 aliphatic heterocycles. The molecule has 0 aliphatic carbocycles. The number of thioether (sulfide) groups is 1. The van der Waals surface area contributed by atoms with Crippen molar-refractivity contribution in [3.8, 4) is 0 Å². The standard InChI is InChI=1S/C18H22N2S/c1-18(2,3)20-17(19)21-16(14-10-6-4-7-11-14)15-12-8-5-9-13-15/h4-13,16H,1-3H3,(H2,19,20). The predicted molar refractivity (Wildman–Crippen MR) is 93.7 cm³/mol. The van der Waals surface area contributed by atoms with Gasteiger partial charge < -0.3 is 5.73 Å². The molecule has 0 atom stereocenters. The first-order valence-electron chi connectivity index (χ1n) is 7.07. The van der Waals surface area contributed by atoms with E-state index < -0.39 is 0 Å². The number of nitrogens with two attached hydrogens (primary N) is 1. The van der Waals surface area contributed by atoms with Crippen LogP contribution in [-0.2, 0) is 0 Å². The minimum atomic E-state index is -0.158. The van der Waals surface area contributed by atoms with E-state index in [4.69, 9.17) is 5.73 Å². The van der Waals surface area contributed by atoms with Crippen LogP contribution in [0.15, 0.2) is 65.7 Å². The Morgan fingerprint density at radius 2 is 1.33 bits per heavy atom. The molecule has 0 amide bonds. The number of hydrogen-bond donors (Lipinski definition) is 1. The zero-order valence-electron chi connectivity index (χ0n) is 12.8. The lowest BCUT2D eigenvalue weighted by Crippen LogP contribution is -2.19. The average molecular weight is 298 g/mol. The number of hydrogen-bond acceptors (Lipinski definition) is 2. The highest BCUT2D eigenvalue weighted by Gasteiger charge is 2.18. The molecule has 0 radical (unpaired) electrons. The molecule has 2 aromatic carbocycles. The predicted octanol–water partition coefficient (Wildman–Crippen LogP) is 4.62.